The van der Waals surface area contributed by atoms with Crippen molar-refractivity contribution in [2.45, 2.75) is 78.7 Å². The number of aliphatic hydroxyl groups is 2. The summed E-state index contributed by atoms with van der Waals surface area (Å²) in [5.74, 6) is -0.222. The molecule has 0 aliphatic carbocycles. The summed E-state index contributed by atoms with van der Waals surface area (Å²) in [7, 11) is 3.51. The summed E-state index contributed by atoms with van der Waals surface area (Å²) in [6, 6.07) is 18.1. The van der Waals surface area contributed by atoms with Crippen LogP contribution >= 0.6 is 0 Å². The van der Waals surface area contributed by atoms with Gasteiger partial charge < -0.3 is 20.0 Å². The van der Waals surface area contributed by atoms with Crippen LogP contribution in [0.1, 0.15) is 77.7 Å². The fourth-order valence-corrected chi connectivity index (χ4v) is 5.01. The molecule has 2 amide bonds. The van der Waals surface area contributed by atoms with E-state index in [0.717, 1.165) is 11.1 Å². The smallest absolute Gasteiger partial charge is 0.226 e. The third-order valence-corrected chi connectivity index (χ3v) is 8.30. The molecule has 220 valence electrons. The minimum Gasteiger partial charge on any atom is -0.386 e. The van der Waals surface area contributed by atoms with E-state index in [0.29, 0.717) is 12.8 Å². The molecule has 0 heterocycles. The van der Waals surface area contributed by atoms with Crippen LogP contribution in [0.15, 0.2) is 72.8 Å². The van der Waals surface area contributed by atoms with Crippen LogP contribution in [0.4, 0.5) is 0 Å². The molecule has 2 N–H and O–H groups in total. The Kier molecular flexibility index (Phi) is 13.1. The minimum atomic E-state index is -0.767. The Balaban J connectivity index is 2.03. The molecule has 0 aliphatic rings. The Hall–Kier alpha value is -2.96. The van der Waals surface area contributed by atoms with Crippen molar-refractivity contribution >= 4 is 11.8 Å². The number of carbonyl (C=O) groups excluding carboxylic acids is 2. The summed E-state index contributed by atoms with van der Waals surface area (Å²) in [6.45, 7) is 11.9. The number of carbonyl (C=O) groups is 2. The van der Waals surface area contributed by atoms with Gasteiger partial charge in [-0.05, 0) is 49.7 Å². The van der Waals surface area contributed by atoms with E-state index in [2.05, 4.69) is 0 Å². The first kappa shape index (κ1) is 33.2. The number of hydrogen-bond acceptors (Lipinski definition) is 4. The molecule has 0 radical (unpaired) electrons. The van der Waals surface area contributed by atoms with Gasteiger partial charge in [-0.3, -0.25) is 9.59 Å². The Labute approximate surface area is 241 Å². The maximum atomic E-state index is 13.4. The van der Waals surface area contributed by atoms with Crippen molar-refractivity contribution in [3.8, 4) is 0 Å². The Morgan fingerprint density at radius 3 is 1.20 bits per heavy atom. The van der Waals surface area contributed by atoms with E-state index >= 15 is 0 Å². The highest BCUT2D eigenvalue weighted by atomic mass is 16.3. The van der Waals surface area contributed by atoms with Gasteiger partial charge >= 0.3 is 0 Å². The fourth-order valence-electron chi connectivity index (χ4n) is 5.01. The van der Waals surface area contributed by atoms with E-state index in [1.807, 2.05) is 114 Å². The standard InChI is InChI=1S/C34H50N2O4/c1-23(2)29(33(39)35(7)25(5)31(37)27-17-11-9-12-18-27)21-15-16-22-30(24(3)4)34(40)36(8)26(6)32(38)28-19-13-10-14-20-28/h9-20,23-26,29-32,37-38H,21-22H2,1-8H3/t25-,26?,29-,30-,31+,32+/m0/s1. The predicted molar refractivity (Wildman–Crippen MR) is 162 cm³/mol. The quantitative estimate of drug-likeness (QED) is 0.282. The predicted octanol–water partition coefficient (Wildman–Crippen LogP) is 6.03. The molecule has 0 aromatic heterocycles. The number of aliphatic hydroxyl groups excluding tert-OH is 2. The van der Waals surface area contributed by atoms with Gasteiger partial charge in [0.15, 0.2) is 0 Å². The van der Waals surface area contributed by atoms with E-state index < -0.39 is 12.2 Å². The van der Waals surface area contributed by atoms with Crippen molar-refractivity contribution in [2.24, 2.45) is 23.7 Å². The monoisotopic (exact) mass is 550 g/mol. The third-order valence-electron chi connectivity index (χ3n) is 8.30. The lowest BCUT2D eigenvalue weighted by molar-refractivity contribution is -0.140. The molecule has 0 fully saturated rings. The maximum absolute atomic E-state index is 13.4. The van der Waals surface area contributed by atoms with Crippen LogP contribution in [-0.4, -0.2) is 58.0 Å². The third kappa shape index (κ3) is 8.77. The van der Waals surface area contributed by atoms with Crippen molar-refractivity contribution in [3.63, 3.8) is 0 Å². The van der Waals surface area contributed by atoms with Gasteiger partial charge in [-0.25, -0.2) is 0 Å². The number of hydrogen-bond donors (Lipinski definition) is 2. The summed E-state index contributed by atoms with van der Waals surface area (Å²) in [6.07, 6.45) is 3.62. The molecule has 6 nitrogen and oxygen atoms in total. The highest BCUT2D eigenvalue weighted by Crippen LogP contribution is 2.27. The number of nitrogens with zero attached hydrogens (tertiary/aromatic N) is 2. The molecule has 2 aromatic rings. The highest BCUT2D eigenvalue weighted by molar-refractivity contribution is 5.80. The Morgan fingerprint density at radius 1 is 0.625 bits per heavy atom. The summed E-state index contributed by atoms with van der Waals surface area (Å²) in [5.41, 5.74) is 1.58. The van der Waals surface area contributed by atoms with Crippen LogP contribution in [0.2, 0.25) is 0 Å². The molecule has 0 saturated heterocycles. The van der Waals surface area contributed by atoms with E-state index in [4.69, 9.17) is 0 Å². The molecule has 2 aromatic carbocycles. The van der Waals surface area contributed by atoms with Gasteiger partial charge in [0.25, 0.3) is 0 Å². The Bertz CT molecular complexity index is 984. The first-order valence-corrected chi connectivity index (χ1v) is 14.5. The molecule has 0 aliphatic heterocycles. The van der Waals surface area contributed by atoms with Crippen molar-refractivity contribution in [2.75, 3.05) is 14.1 Å². The number of likely N-dealkylation sites (N-methyl/N-ethyl adjacent to an activating group) is 2. The van der Waals surface area contributed by atoms with Crippen molar-refractivity contribution in [3.05, 3.63) is 83.9 Å². The van der Waals surface area contributed by atoms with Crippen LogP contribution in [0, 0.1) is 23.7 Å². The number of allylic oxidation sites excluding steroid dienone is 2. The van der Waals surface area contributed by atoms with Crippen molar-refractivity contribution in [1.29, 1.82) is 0 Å². The number of benzene rings is 2. The maximum Gasteiger partial charge on any atom is 0.226 e. The Morgan fingerprint density at radius 2 is 0.925 bits per heavy atom. The summed E-state index contributed by atoms with van der Waals surface area (Å²) < 4.78 is 0. The molecule has 6 atom stereocenters. The topological polar surface area (TPSA) is 81.1 Å². The SMILES string of the molecule is CC(C)[C@H](CC=CC[C@H](C(=O)N(C)[C@@H](C)[C@@H](O)c1ccccc1)C(C)C)C(=O)N(C)C(C)[C@@H](O)c1ccccc1. The largest absolute Gasteiger partial charge is 0.386 e. The van der Waals surface area contributed by atoms with Crippen LogP contribution in [0.25, 0.3) is 0 Å². The van der Waals surface area contributed by atoms with Gasteiger partial charge in [0, 0.05) is 25.9 Å². The molecular weight excluding hydrogens is 500 g/mol. The zero-order valence-electron chi connectivity index (χ0n) is 25.6. The average Bonchev–Trinajstić information content (AvgIpc) is 2.96. The lowest BCUT2D eigenvalue weighted by Gasteiger charge is -2.33. The lowest BCUT2D eigenvalue weighted by atomic mass is 9.88. The molecule has 40 heavy (non-hydrogen) atoms. The zero-order valence-corrected chi connectivity index (χ0v) is 25.6. The van der Waals surface area contributed by atoms with Crippen molar-refractivity contribution < 1.29 is 19.8 Å². The van der Waals surface area contributed by atoms with E-state index in [1.165, 1.54) is 0 Å². The molecule has 0 spiro atoms. The van der Waals surface area contributed by atoms with Crippen LogP contribution in [-0.2, 0) is 9.59 Å². The summed E-state index contributed by atoms with van der Waals surface area (Å²) >= 11 is 0. The van der Waals surface area contributed by atoms with E-state index in [1.54, 1.807) is 23.9 Å². The fraction of sp³-hybridized carbons (Fsp3) is 0.529. The summed E-state index contributed by atoms with van der Waals surface area (Å²) in [5, 5.41) is 21.7. The average molecular weight is 551 g/mol. The zero-order chi connectivity index (χ0) is 30.0. The van der Waals surface area contributed by atoms with Gasteiger partial charge in [-0.1, -0.05) is 101 Å². The van der Waals surface area contributed by atoms with Gasteiger partial charge in [0.05, 0.1) is 24.3 Å². The number of amides is 2. The highest BCUT2D eigenvalue weighted by Gasteiger charge is 2.32. The first-order valence-electron chi connectivity index (χ1n) is 14.5. The second-order valence-corrected chi connectivity index (χ2v) is 11.7. The normalized spacial score (nSPS) is 16.4. The summed E-state index contributed by atoms with van der Waals surface area (Å²) in [4.78, 5) is 30.2. The second-order valence-electron chi connectivity index (χ2n) is 11.7. The van der Waals surface area contributed by atoms with Crippen LogP contribution in [0.5, 0.6) is 0 Å². The molecule has 0 bridgehead atoms. The number of rotatable bonds is 14. The van der Waals surface area contributed by atoms with Gasteiger partial charge in [0.2, 0.25) is 11.8 Å². The van der Waals surface area contributed by atoms with E-state index in [9.17, 15) is 19.8 Å². The van der Waals surface area contributed by atoms with Gasteiger partial charge in [-0.15, -0.1) is 0 Å². The van der Waals surface area contributed by atoms with Crippen LogP contribution < -0.4 is 0 Å². The van der Waals surface area contributed by atoms with Gasteiger partial charge in [-0.2, -0.15) is 0 Å². The van der Waals surface area contributed by atoms with Crippen molar-refractivity contribution in [1.82, 2.24) is 9.80 Å². The van der Waals surface area contributed by atoms with Gasteiger partial charge in [0.1, 0.15) is 0 Å². The second kappa shape index (κ2) is 15.7. The van der Waals surface area contributed by atoms with E-state index in [-0.39, 0.29) is 47.6 Å². The molecule has 6 heteroatoms. The molecule has 1 unspecified atom stereocenters. The molecular formula is C34H50N2O4. The lowest BCUT2D eigenvalue weighted by Crippen LogP contribution is -2.43. The van der Waals surface area contributed by atoms with Crippen LogP contribution in [0.3, 0.4) is 0 Å². The molecule has 0 saturated carbocycles. The minimum absolute atomic E-state index is 0.00192. The first-order chi connectivity index (χ1) is 18.9. The molecule has 2 rings (SSSR count).